The third-order valence-electron chi connectivity index (χ3n) is 3.23. The van der Waals surface area contributed by atoms with Crippen molar-refractivity contribution >= 4 is 31.9 Å². The van der Waals surface area contributed by atoms with E-state index in [0.717, 1.165) is 22.0 Å². The minimum atomic E-state index is 0.355. The van der Waals surface area contributed by atoms with Crippen LogP contribution in [0.2, 0.25) is 0 Å². The van der Waals surface area contributed by atoms with Gasteiger partial charge in [-0.15, -0.1) is 0 Å². The predicted molar refractivity (Wildman–Crippen MR) is 86.0 cm³/mol. The number of benzene rings is 1. The molecule has 0 spiro atoms. The van der Waals surface area contributed by atoms with Crippen molar-refractivity contribution in [1.29, 1.82) is 0 Å². The van der Waals surface area contributed by atoms with E-state index in [0.29, 0.717) is 12.1 Å². The van der Waals surface area contributed by atoms with Crippen LogP contribution in [0.15, 0.2) is 27.1 Å². The first-order valence-electron chi connectivity index (χ1n) is 6.30. The van der Waals surface area contributed by atoms with E-state index in [9.17, 15) is 0 Å². The zero-order valence-corrected chi connectivity index (χ0v) is 14.7. The Morgan fingerprint density at radius 1 is 1.22 bits per heavy atom. The summed E-state index contributed by atoms with van der Waals surface area (Å²) in [5.74, 6) is 0. The number of rotatable bonds is 6. The summed E-state index contributed by atoms with van der Waals surface area (Å²) in [7, 11) is 2.16. The van der Waals surface area contributed by atoms with Crippen LogP contribution >= 0.6 is 31.9 Å². The Morgan fingerprint density at radius 2 is 1.89 bits per heavy atom. The van der Waals surface area contributed by atoms with Gasteiger partial charge in [0, 0.05) is 34.1 Å². The highest BCUT2D eigenvalue weighted by atomic mass is 79.9. The van der Waals surface area contributed by atoms with Gasteiger partial charge < -0.3 is 10.2 Å². The molecule has 1 rings (SSSR count). The van der Waals surface area contributed by atoms with E-state index in [1.807, 2.05) is 0 Å². The molecule has 1 N–H and O–H groups in total. The average Bonchev–Trinajstić information content (AvgIpc) is 2.28. The Hall–Kier alpha value is 0.1000. The third kappa shape index (κ3) is 5.00. The maximum atomic E-state index is 3.61. The zero-order chi connectivity index (χ0) is 13.7. The van der Waals surface area contributed by atoms with Crippen molar-refractivity contribution in [3.05, 3.63) is 32.7 Å². The summed E-state index contributed by atoms with van der Waals surface area (Å²) in [5.41, 5.74) is 1.30. The maximum absolute atomic E-state index is 3.61. The highest BCUT2D eigenvalue weighted by Crippen LogP contribution is 2.26. The number of hydrogen-bond acceptors (Lipinski definition) is 2. The number of likely N-dealkylation sites (N-methyl/N-ethyl adjacent to an activating group) is 1. The van der Waals surface area contributed by atoms with Crippen LogP contribution in [0.25, 0.3) is 0 Å². The molecule has 0 heterocycles. The van der Waals surface area contributed by atoms with Crippen molar-refractivity contribution in [2.24, 2.45) is 0 Å². The lowest BCUT2D eigenvalue weighted by molar-refractivity contribution is 0.270. The summed E-state index contributed by atoms with van der Waals surface area (Å²) in [6.07, 6.45) is 0. The molecule has 2 nitrogen and oxygen atoms in total. The second kappa shape index (κ2) is 7.63. The molecule has 1 aromatic carbocycles. The summed E-state index contributed by atoms with van der Waals surface area (Å²) < 4.78 is 2.25. The Morgan fingerprint density at radius 3 is 2.44 bits per heavy atom. The van der Waals surface area contributed by atoms with Crippen molar-refractivity contribution in [3.8, 4) is 0 Å². The van der Waals surface area contributed by atoms with E-state index in [4.69, 9.17) is 0 Å². The minimum absolute atomic E-state index is 0.355. The van der Waals surface area contributed by atoms with Crippen LogP contribution in [0.3, 0.4) is 0 Å². The molecule has 0 aliphatic rings. The van der Waals surface area contributed by atoms with Gasteiger partial charge in [0.25, 0.3) is 0 Å². The fraction of sp³-hybridized carbons (Fsp3) is 0.571. The Kier molecular flexibility index (Phi) is 6.85. The van der Waals surface area contributed by atoms with Gasteiger partial charge in [0.1, 0.15) is 0 Å². The van der Waals surface area contributed by atoms with Crippen LogP contribution in [0.4, 0.5) is 0 Å². The molecule has 4 heteroatoms. The summed E-state index contributed by atoms with van der Waals surface area (Å²) in [5, 5.41) is 3.56. The molecule has 0 aliphatic heterocycles. The van der Waals surface area contributed by atoms with Crippen LogP contribution in [0, 0.1) is 0 Å². The molecule has 0 aromatic heterocycles. The monoisotopic (exact) mass is 376 g/mol. The van der Waals surface area contributed by atoms with Crippen molar-refractivity contribution in [1.82, 2.24) is 10.2 Å². The Bertz CT molecular complexity index is 380. The standard InChI is InChI=1S/C14H22Br2N2/c1-10(2)18(4)8-7-17-11(3)13-6-5-12(15)9-14(13)16/h5-6,9-11,17H,7-8H2,1-4H3. The topological polar surface area (TPSA) is 15.3 Å². The zero-order valence-electron chi connectivity index (χ0n) is 11.5. The molecular weight excluding hydrogens is 356 g/mol. The van der Waals surface area contributed by atoms with Gasteiger partial charge >= 0.3 is 0 Å². The highest BCUT2D eigenvalue weighted by molar-refractivity contribution is 9.11. The summed E-state index contributed by atoms with van der Waals surface area (Å²) >= 11 is 7.09. The van der Waals surface area contributed by atoms with Crippen molar-refractivity contribution < 1.29 is 0 Å². The Labute approximate surface area is 127 Å². The predicted octanol–water partition coefficient (Wildman–Crippen LogP) is 4.20. The molecular formula is C14H22Br2N2. The number of nitrogens with one attached hydrogen (secondary N) is 1. The van der Waals surface area contributed by atoms with Crippen LogP contribution in [0.5, 0.6) is 0 Å². The molecule has 0 aliphatic carbocycles. The Balaban J connectivity index is 2.48. The first kappa shape index (κ1) is 16.2. The van der Waals surface area contributed by atoms with E-state index >= 15 is 0 Å². The molecule has 1 unspecified atom stereocenters. The van der Waals surface area contributed by atoms with Crippen LogP contribution in [-0.4, -0.2) is 31.1 Å². The smallest absolute Gasteiger partial charge is 0.0303 e. The van der Waals surface area contributed by atoms with Gasteiger partial charge in [-0.25, -0.2) is 0 Å². The first-order valence-corrected chi connectivity index (χ1v) is 7.89. The van der Waals surface area contributed by atoms with Gasteiger partial charge in [0.05, 0.1) is 0 Å². The minimum Gasteiger partial charge on any atom is -0.309 e. The molecule has 1 atom stereocenters. The molecule has 0 bridgehead atoms. The van der Waals surface area contributed by atoms with Crippen LogP contribution in [0.1, 0.15) is 32.4 Å². The largest absolute Gasteiger partial charge is 0.309 e. The van der Waals surface area contributed by atoms with Gasteiger partial charge in [0.2, 0.25) is 0 Å². The summed E-state index contributed by atoms with van der Waals surface area (Å²) in [4.78, 5) is 2.34. The molecule has 102 valence electrons. The molecule has 18 heavy (non-hydrogen) atoms. The van der Waals surface area contributed by atoms with E-state index < -0.39 is 0 Å². The lowest BCUT2D eigenvalue weighted by atomic mass is 10.1. The molecule has 0 fully saturated rings. The number of halogens is 2. The molecule has 1 aromatic rings. The molecule has 0 saturated carbocycles. The van der Waals surface area contributed by atoms with Gasteiger partial charge in [-0.05, 0) is 45.5 Å². The van der Waals surface area contributed by atoms with E-state index in [1.54, 1.807) is 0 Å². The van der Waals surface area contributed by atoms with E-state index in [-0.39, 0.29) is 0 Å². The van der Waals surface area contributed by atoms with Crippen LogP contribution < -0.4 is 5.32 Å². The number of hydrogen-bond donors (Lipinski definition) is 1. The van der Waals surface area contributed by atoms with E-state index in [1.165, 1.54) is 5.56 Å². The van der Waals surface area contributed by atoms with Crippen molar-refractivity contribution in [3.63, 3.8) is 0 Å². The quantitative estimate of drug-likeness (QED) is 0.798. The highest BCUT2D eigenvalue weighted by Gasteiger charge is 2.09. The normalized spacial score (nSPS) is 13.3. The lowest BCUT2D eigenvalue weighted by Crippen LogP contribution is -2.34. The van der Waals surface area contributed by atoms with Gasteiger partial charge in [-0.2, -0.15) is 0 Å². The van der Waals surface area contributed by atoms with Gasteiger partial charge in [0.15, 0.2) is 0 Å². The van der Waals surface area contributed by atoms with Crippen molar-refractivity contribution in [2.75, 3.05) is 20.1 Å². The maximum Gasteiger partial charge on any atom is 0.0303 e. The van der Waals surface area contributed by atoms with Crippen molar-refractivity contribution in [2.45, 2.75) is 32.9 Å². The lowest BCUT2D eigenvalue weighted by Gasteiger charge is -2.23. The average molecular weight is 378 g/mol. The SMILES string of the molecule is CC(NCCN(C)C(C)C)c1ccc(Br)cc1Br. The molecule has 0 radical (unpaired) electrons. The first-order chi connectivity index (χ1) is 8.41. The van der Waals surface area contributed by atoms with Crippen LogP contribution in [-0.2, 0) is 0 Å². The fourth-order valence-electron chi connectivity index (χ4n) is 1.68. The van der Waals surface area contributed by atoms with Gasteiger partial charge in [-0.1, -0.05) is 37.9 Å². The second-order valence-electron chi connectivity index (χ2n) is 4.92. The molecule has 0 saturated heterocycles. The van der Waals surface area contributed by atoms with Gasteiger partial charge in [-0.3, -0.25) is 0 Å². The number of nitrogens with zero attached hydrogens (tertiary/aromatic N) is 1. The van der Waals surface area contributed by atoms with E-state index in [2.05, 4.69) is 88.1 Å². The summed E-state index contributed by atoms with van der Waals surface area (Å²) in [6.45, 7) is 8.70. The fourth-order valence-corrected chi connectivity index (χ4v) is 3.07. The summed E-state index contributed by atoms with van der Waals surface area (Å²) in [6, 6.07) is 7.28. The molecule has 0 amide bonds. The third-order valence-corrected chi connectivity index (χ3v) is 4.41. The second-order valence-corrected chi connectivity index (χ2v) is 6.69.